The number of anilines is 2. The van der Waals surface area contributed by atoms with E-state index in [1.165, 1.54) is 21.5 Å². The highest BCUT2D eigenvalue weighted by Gasteiger charge is 2.07. The fraction of sp³-hybridized carbons (Fsp3) is 0. The summed E-state index contributed by atoms with van der Waals surface area (Å²) < 4.78 is 1.07. The summed E-state index contributed by atoms with van der Waals surface area (Å²) in [6.45, 7) is 0. The Bertz CT molecular complexity index is 970. The third kappa shape index (κ3) is 2.26. The van der Waals surface area contributed by atoms with Gasteiger partial charge in [-0.1, -0.05) is 66.7 Å². The Labute approximate surface area is 137 Å². The third-order valence-corrected chi connectivity index (χ3v) is 4.59. The standard InChI is InChI=1S/C20H14BrN/c21-18-13-12-15-7-2-4-10-17(15)20(18)22-19-11-5-8-14-6-1-3-9-16(14)19/h1-13,22H. The van der Waals surface area contributed by atoms with E-state index in [4.69, 9.17) is 0 Å². The van der Waals surface area contributed by atoms with Crippen LogP contribution in [0.5, 0.6) is 0 Å². The van der Waals surface area contributed by atoms with Crippen LogP contribution in [-0.4, -0.2) is 0 Å². The number of halogens is 1. The highest BCUT2D eigenvalue weighted by Crippen LogP contribution is 2.35. The van der Waals surface area contributed by atoms with Crippen LogP contribution in [0.25, 0.3) is 21.5 Å². The van der Waals surface area contributed by atoms with Gasteiger partial charge >= 0.3 is 0 Å². The zero-order chi connectivity index (χ0) is 14.9. The monoisotopic (exact) mass is 347 g/mol. The first-order valence-corrected chi connectivity index (χ1v) is 8.04. The van der Waals surface area contributed by atoms with Crippen molar-refractivity contribution in [2.75, 3.05) is 5.32 Å². The molecule has 0 radical (unpaired) electrons. The molecule has 0 amide bonds. The van der Waals surface area contributed by atoms with Gasteiger partial charge in [-0.25, -0.2) is 0 Å². The molecule has 1 N–H and O–H groups in total. The lowest BCUT2D eigenvalue weighted by atomic mass is 10.1. The van der Waals surface area contributed by atoms with Crippen LogP contribution < -0.4 is 5.32 Å². The van der Waals surface area contributed by atoms with E-state index >= 15 is 0 Å². The molecule has 106 valence electrons. The smallest absolute Gasteiger partial charge is 0.0608 e. The number of rotatable bonds is 2. The van der Waals surface area contributed by atoms with E-state index in [9.17, 15) is 0 Å². The topological polar surface area (TPSA) is 12.0 Å². The van der Waals surface area contributed by atoms with E-state index < -0.39 is 0 Å². The van der Waals surface area contributed by atoms with Gasteiger partial charge in [0.25, 0.3) is 0 Å². The molecule has 0 aliphatic carbocycles. The van der Waals surface area contributed by atoms with Gasteiger partial charge < -0.3 is 5.32 Å². The van der Waals surface area contributed by atoms with Crippen molar-refractivity contribution in [3.8, 4) is 0 Å². The number of nitrogens with one attached hydrogen (secondary N) is 1. The molecule has 0 fully saturated rings. The predicted molar refractivity (Wildman–Crippen MR) is 98.9 cm³/mol. The Morgan fingerprint density at radius 2 is 1.23 bits per heavy atom. The quantitative estimate of drug-likeness (QED) is 0.436. The zero-order valence-corrected chi connectivity index (χ0v) is 13.5. The molecule has 0 unspecified atom stereocenters. The van der Waals surface area contributed by atoms with Crippen LogP contribution in [0.3, 0.4) is 0 Å². The van der Waals surface area contributed by atoms with Crippen LogP contribution in [0, 0.1) is 0 Å². The van der Waals surface area contributed by atoms with Crippen molar-refractivity contribution in [3.05, 3.63) is 83.3 Å². The van der Waals surface area contributed by atoms with Crippen LogP contribution in [0.15, 0.2) is 83.3 Å². The average molecular weight is 348 g/mol. The van der Waals surface area contributed by atoms with E-state index in [1.54, 1.807) is 0 Å². The lowest BCUT2D eigenvalue weighted by Crippen LogP contribution is -1.94. The van der Waals surface area contributed by atoms with Gasteiger partial charge in [-0.2, -0.15) is 0 Å². The fourth-order valence-electron chi connectivity index (χ4n) is 2.84. The first-order chi connectivity index (χ1) is 10.8. The minimum absolute atomic E-state index is 1.07. The van der Waals surface area contributed by atoms with Crippen LogP contribution in [0.2, 0.25) is 0 Å². The Kier molecular flexibility index (Phi) is 3.32. The van der Waals surface area contributed by atoms with Crippen LogP contribution in [0.4, 0.5) is 11.4 Å². The molecule has 0 heterocycles. The molecule has 0 atom stereocenters. The summed E-state index contributed by atoms with van der Waals surface area (Å²) in [6, 6.07) is 27.4. The Balaban J connectivity index is 1.91. The molecule has 1 nitrogen and oxygen atoms in total. The number of hydrogen-bond donors (Lipinski definition) is 1. The average Bonchev–Trinajstić information content (AvgIpc) is 2.58. The van der Waals surface area contributed by atoms with Crippen molar-refractivity contribution in [3.63, 3.8) is 0 Å². The van der Waals surface area contributed by atoms with E-state index in [-0.39, 0.29) is 0 Å². The molecule has 22 heavy (non-hydrogen) atoms. The fourth-order valence-corrected chi connectivity index (χ4v) is 3.29. The Hall–Kier alpha value is -2.32. The van der Waals surface area contributed by atoms with Crippen molar-refractivity contribution >= 4 is 48.8 Å². The van der Waals surface area contributed by atoms with Crippen LogP contribution in [-0.2, 0) is 0 Å². The van der Waals surface area contributed by atoms with Gasteiger partial charge in [0, 0.05) is 20.9 Å². The van der Waals surface area contributed by atoms with Gasteiger partial charge in [-0.05, 0) is 38.8 Å². The number of fused-ring (bicyclic) bond motifs is 2. The molecule has 0 saturated carbocycles. The zero-order valence-electron chi connectivity index (χ0n) is 11.9. The summed E-state index contributed by atoms with van der Waals surface area (Å²) in [5.41, 5.74) is 2.23. The van der Waals surface area contributed by atoms with Gasteiger partial charge in [-0.3, -0.25) is 0 Å². The highest BCUT2D eigenvalue weighted by molar-refractivity contribution is 9.10. The second kappa shape index (κ2) is 5.47. The molecule has 0 aliphatic heterocycles. The summed E-state index contributed by atoms with van der Waals surface area (Å²) in [6.07, 6.45) is 0. The molecule has 0 bridgehead atoms. The molecular weight excluding hydrogens is 334 g/mol. The minimum Gasteiger partial charge on any atom is -0.354 e. The van der Waals surface area contributed by atoms with E-state index in [2.05, 4.69) is 100 Å². The molecule has 2 heteroatoms. The van der Waals surface area contributed by atoms with E-state index in [0.717, 1.165) is 15.8 Å². The predicted octanol–water partition coefficient (Wildman–Crippen LogP) is 6.50. The molecule has 4 aromatic carbocycles. The van der Waals surface area contributed by atoms with Crippen molar-refractivity contribution < 1.29 is 0 Å². The van der Waals surface area contributed by atoms with E-state index in [1.807, 2.05) is 0 Å². The van der Waals surface area contributed by atoms with Crippen molar-refractivity contribution in [2.45, 2.75) is 0 Å². The first kappa shape index (κ1) is 13.4. The molecular formula is C20H14BrN. The summed E-state index contributed by atoms with van der Waals surface area (Å²) in [4.78, 5) is 0. The van der Waals surface area contributed by atoms with Crippen LogP contribution >= 0.6 is 15.9 Å². The summed E-state index contributed by atoms with van der Waals surface area (Å²) in [5.74, 6) is 0. The van der Waals surface area contributed by atoms with Gasteiger partial charge in [0.15, 0.2) is 0 Å². The Morgan fingerprint density at radius 1 is 0.591 bits per heavy atom. The van der Waals surface area contributed by atoms with Crippen molar-refractivity contribution in [1.29, 1.82) is 0 Å². The minimum atomic E-state index is 1.07. The van der Waals surface area contributed by atoms with Crippen molar-refractivity contribution in [2.24, 2.45) is 0 Å². The highest BCUT2D eigenvalue weighted by atomic mass is 79.9. The maximum Gasteiger partial charge on any atom is 0.0608 e. The lowest BCUT2D eigenvalue weighted by Gasteiger charge is -2.14. The molecule has 0 aliphatic rings. The van der Waals surface area contributed by atoms with E-state index in [0.29, 0.717) is 0 Å². The maximum absolute atomic E-state index is 3.68. The normalized spacial score (nSPS) is 11.0. The molecule has 0 spiro atoms. The molecule has 4 aromatic rings. The summed E-state index contributed by atoms with van der Waals surface area (Å²) in [7, 11) is 0. The summed E-state index contributed by atoms with van der Waals surface area (Å²) in [5, 5.41) is 8.52. The van der Waals surface area contributed by atoms with Gasteiger partial charge in [0.2, 0.25) is 0 Å². The SMILES string of the molecule is Brc1ccc2ccccc2c1Nc1cccc2ccccc12. The van der Waals surface area contributed by atoms with Crippen molar-refractivity contribution in [1.82, 2.24) is 0 Å². The third-order valence-electron chi connectivity index (χ3n) is 3.93. The summed E-state index contributed by atoms with van der Waals surface area (Å²) >= 11 is 3.68. The first-order valence-electron chi connectivity index (χ1n) is 7.25. The lowest BCUT2D eigenvalue weighted by molar-refractivity contribution is 1.58. The van der Waals surface area contributed by atoms with Gasteiger partial charge in [0.05, 0.1) is 5.69 Å². The molecule has 4 rings (SSSR count). The van der Waals surface area contributed by atoms with Gasteiger partial charge in [0.1, 0.15) is 0 Å². The number of hydrogen-bond acceptors (Lipinski definition) is 1. The maximum atomic E-state index is 3.68. The van der Waals surface area contributed by atoms with Crippen LogP contribution in [0.1, 0.15) is 0 Å². The molecule has 0 aromatic heterocycles. The Morgan fingerprint density at radius 3 is 2.05 bits per heavy atom. The second-order valence-electron chi connectivity index (χ2n) is 5.30. The number of benzene rings is 4. The largest absolute Gasteiger partial charge is 0.354 e. The molecule has 0 saturated heterocycles. The second-order valence-corrected chi connectivity index (χ2v) is 6.15. The van der Waals surface area contributed by atoms with Gasteiger partial charge in [-0.15, -0.1) is 0 Å².